The molecule has 1 saturated heterocycles. The van der Waals surface area contributed by atoms with Gasteiger partial charge in [-0.2, -0.15) is 0 Å². The molecule has 3 rings (SSSR count). The average molecular weight is 203 g/mol. The molecule has 15 heavy (non-hydrogen) atoms. The van der Waals surface area contributed by atoms with Crippen molar-refractivity contribution in [3.8, 4) is 0 Å². The largest absolute Gasteiger partial charge is 0.370 e. The molecule has 0 saturated carbocycles. The highest BCUT2D eigenvalue weighted by molar-refractivity contribution is 5.40. The lowest BCUT2D eigenvalue weighted by atomic mass is 10.2. The van der Waals surface area contributed by atoms with Crippen LogP contribution in [0, 0.1) is 6.92 Å². The van der Waals surface area contributed by atoms with Gasteiger partial charge in [-0.25, -0.2) is 9.50 Å². The van der Waals surface area contributed by atoms with Gasteiger partial charge in [0.1, 0.15) is 6.10 Å². The van der Waals surface area contributed by atoms with Crippen LogP contribution in [0.25, 0.3) is 5.65 Å². The lowest BCUT2D eigenvalue weighted by Gasteiger charge is -2.01. The van der Waals surface area contributed by atoms with E-state index in [4.69, 9.17) is 4.74 Å². The van der Waals surface area contributed by atoms with Crippen LogP contribution in [0.4, 0.5) is 0 Å². The van der Waals surface area contributed by atoms with Crippen LogP contribution in [-0.4, -0.2) is 21.2 Å². The molecule has 0 aromatic carbocycles. The summed E-state index contributed by atoms with van der Waals surface area (Å²) in [4.78, 5) is 4.48. The highest BCUT2D eigenvalue weighted by Gasteiger charge is 2.21. The van der Waals surface area contributed by atoms with Crippen molar-refractivity contribution < 1.29 is 4.74 Å². The standard InChI is InChI=1S/C11H13N3O/c1-8-4-5-14-10(7-8)12-11(13-14)9-3-2-6-15-9/h4-5,7,9H,2-3,6H2,1H3. The van der Waals surface area contributed by atoms with Crippen molar-refractivity contribution in [3.63, 3.8) is 0 Å². The summed E-state index contributed by atoms with van der Waals surface area (Å²) >= 11 is 0. The average Bonchev–Trinajstić information content (AvgIpc) is 2.84. The first kappa shape index (κ1) is 8.85. The predicted octanol–water partition coefficient (Wildman–Crippen LogP) is 1.89. The first-order chi connectivity index (χ1) is 7.33. The summed E-state index contributed by atoms with van der Waals surface area (Å²) < 4.78 is 7.37. The summed E-state index contributed by atoms with van der Waals surface area (Å²) in [5.41, 5.74) is 2.11. The minimum Gasteiger partial charge on any atom is -0.370 e. The molecular weight excluding hydrogens is 190 g/mol. The minimum atomic E-state index is 0.102. The quantitative estimate of drug-likeness (QED) is 0.710. The summed E-state index contributed by atoms with van der Waals surface area (Å²) in [6.07, 6.45) is 4.19. The second-order valence-corrected chi connectivity index (χ2v) is 3.98. The molecule has 2 aromatic rings. The molecule has 78 valence electrons. The molecule has 0 radical (unpaired) electrons. The molecule has 0 bridgehead atoms. The van der Waals surface area contributed by atoms with Gasteiger partial charge in [0.05, 0.1) is 0 Å². The van der Waals surface area contributed by atoms with E-state index >= 15 is 0 Å². The smallest absolute Gasteiger partial charge is 0.180 e. The summed E-state index contributed by atoms with van der Waals surface area (Å²) in [7, 11) is 0. The fourth-order valence-corrected chi connectivity index (χ4v) is 1.92. The molecule has 1 fully saturated rings. The summed E-state index contributed by atoms with van der Waals surface area (Å²) in [5.74, 6) is 0.818. The molecule has 3 heterocycles. The number of fused-ring (bicyclic) bond motifs is 1. The Bertz CT molecular complexity index is 486. The van der Waals surface area contributed by atoms with Crippen LogP contribution in [0.15, 0.2) is 18.3 Å². The van der Waals surface area contributed by atoms with Gasteiger partial charge in [-0.3, -0.25) is 0 Å². The van der Waals surface area contributed by atoms with Gasteiger partial charge >= 0.3 is 0 Å². The lowest BCUT2D eigenvalue weighted by Crippen LogP contribution is -1.98. The van der Waals surface area contributed by atoms with Gasteiger partial charge in [0.25, 0.3) is 0 Å². The molecule has 0 aliphatic carbocycles. The molecule has 1 unspecified atom stereocenters. The van der Waals surface area contributed by atoms with Crippen molar-refractivity contribution >= 4 is 5.65 Å². The maximum absolute atomic E-state index is 5.56. The number of aryl methyl sites for hydroxylation is 1. The van der Waals surface area contributed by atoms with Crippen LogP contribution in [-0.2, 0) is 4.74 Å². The van der Waals surface area contributed by atoms with E-state index in [1.54, 1.807) is 0 Å². The number of pyridine rings is 1. The maximum Gasteiger partial charge on any atom is 0.180 e. The van der Waals surface area contributed by atoms with Crippen LogP contribution in [0.5, 0.6) is 0 Å². The van der Waals surface area contributed by atoms with Crippen LogP contribution >= 0.6 is 0 Å². The topological polar surface area (TPSA) is 39.4 Å². The lowest BCUT2D eigenvalue weighted by molar-refractivity contribution is 0.105. The van der Waals surface area contributed by atoms with Crippen LogP contribution in [0.3, 0.4) is 0 Å². The van der Waals surface area contributed by atoms with Crippen molar-refractivity contribution in [1.82, 2.24) is 14.6 Å². The SMILES string of the molecule is Cc1ccn2nc(C3CCCO3)nc2c1. The molecule has 4 nitrogen and oxygen atoms in total. The van der Waals surface area contributed by atoms with E-state index in [-0.39, 0.29) is 6.10 Å². The van der Waals surface area contributed by atoms with E-state index in [0.29, 0.717) is 0 Å². The van der Waals surface area contributed by atoms with Crippen molar-refractivity contribution in [2.75, 3.05) is 6.61 Å². The van der Waals surface area contributed by atoms with E-state index in [1.807, 2.05) is 22.8 Å². The van der Waals surface area contributed by atoms with E-state index in [9.17, 15) is 0 Å². The number of nitrogens with zero attached hydrogens (tertiary/aromatic N) is 3. The van der Waals surface area contributed by atoms with Crippen LogP contribution in [0.1, 0.15) is 30.3 Å². The third-order valence-electron chi connectivity index (χ3n) is 2.73. The van der Waals surface area contributed by atoms with Gasteiger partial charge in [0, 0.05) is 12.8 Å². The Balaban J connectivity index is 2.05. The molecular formula is C11H13N3O. The van der Waals surface area contributed by atoms with Gasteiger partial charge in [0.2, 0.25) is 0 Å². The minimum absolute atomic E-state index is 0.102. The van der Waals surface area contributed by atoms with Gasteiger partial charge in [0.15, 0.2) is 11.5 Å². The number of hydrogen-bond donors (Lipinski definition) is 0. The fraction of sp³-hybridized carbons (Fsp3) is 0.455. The Hall–Kier alpha value is -1.42. The van der Waals surface area contributed by atoms with E-state index in [1.165, 1.54) is 5.56 Å². The predicted molar refractivity (Wildman–Crippen MR) is 55.7 cm³/mol. The van der Waals surface area contributed by atoms with Crippen molar-refractivity contribution in [2.24, 2.45) is 0 Å². The Morgan fingerprint density at radius 2 is 2.47 bits per heavy atom. The molecule has 1 atom stereocenters. The monoisotopic (exact) mass is 203 g/mol. The number of hydrogen-bond acceptors (Lipinski definition) is 3. The third kappa shape index (κ3) is 1.51. The van der Waals surface area contributed by atoms with Gasteiger partial charge < -0.3 is 4.74 Å². The van der Waals surface area contributed by atoms with Crippen LogP contribution < -0.4 is 0 Å². The highest BCUT2D eigenvalue weighted by atomic mass is 16.5. The first-order valence-corrected chi connectivity index (χ1v) is 5.27. The molecule has 1 aliphatic heterocycles. The van der Waals surface area contributed by atoms with Gasteiger partial charge in [-0.15, -0.1) is 5.10 Å². The number of aromatic nitrogens is 3. The molecule has 0 spiro atoms. The normalized spacial score (nSPS) is 21.3. The molecule has 0 N–H and O–H groups in total. The molecule has 4 heteroatoms. The van der Waals surface area contributed by atoms with Crippen molar-refractivity contribution in [1.29, 1.82) is 0 Å². The zero-order valence-electron chi connectivity index (χ0n) is 8.68. The van der Waals surface area contributed by atoms with Gasteiger partial charge in [-0.1, -0.05) is 0 Å². The maximum atomic E-state index is 5.56. The first-order valence-electron chi connectivity index (χ1n) is 5.27. The molecule has 1 aliphatic rings. The van der Waals surface area contributed by atoms with E-state index in [0.717, 1.165) is 30.9 Å². The Morgan fingerprint density at radius 3 is 3.27 bits per heavy atom. The summed E-state index contributed by atoms with van der Waals surface area (Å²) in [6, 6.07) is 4.06. The summed E-state index contributed by atoms with van der Waals surface area (Å²) in [5, 5.41) is 4.42. The number of rotatable bonds is 1. The van der Waals surface area contributed by atoms with E-state index < -0.39 is 0 Å². The Kier molecular flexibility index (Phi) is 1.95. The van der Waals surface area contributed by atoms with E-state index in [2.05, 4.69) is 17.0 Å². The second kappa shape index (κ2) is 3.31. The molecule has 0 amide bonds. The second-order valence-electron chi connectivity index (χ2n) is 3.98. The zero-order chi connectivity index (χ0) is 10.3. The Labute approximate surface area is 87.9 Å². The molecule has 2 aromatic heterocycles. The highest BCUT2D eigenvalue weighted by Crippen LogP contribution is 2.26. The van der Waals surface area contributed by atoms with Crippen molar-refractivity contribution in [3.05, 3.63) is 29.7 Å². The zero-order valence-corrected chi connectivity index (χ0v) is 8.68. The van der Waals surface area contributed by atoms with Gasteiger partial charge in [-0.05, 0) is 37.5 Å². The number of ether oxygens (including phenoxy) is 1. The Morgan fingerprint density at radius 1 is 1.53 bits per heavy atom. The fourth-order valence-electron chi connectivity index (χ4n) is 1.92. The third-order valence-corrected chi connectivity index (χ3v) is 2.73. The van der Waals surface area contributed by atoms with Crippen molar-refractivity contribution in [2.45, 2.75) is 25.9 Å². The summed E-state index contributed by atoms with van der Waals surface area (Å²) in [6.45, 7) is 2.89. The van der Waals surface area contributed by atoms with Crippen LogP contribution in [0.2, 0.25) is 0 Å².